The molecule has 0 amide bonds. The van der Waals surface area contributed by atoms with E-state index in [9.17, 15) is 9.90 Å². The zero-order valence-corrected chi connectivity index (χ0v) is 13.2. The summed E-state index contributed by atoms with van der Waals surface area (Å²) in [4.78, 5) is 11.3. The van der Waals surface area contributed by atoms with Crippen molar-refractivity contribution in [1.29, 1.82) is 0 Å². The number of carboxylic acids is 1. The first-order valence-electron chi connectivity index (χ1n) is 7.29. The Kier molecular flexibility index (Phi) is 6.00. The standard InChI is InChI=1S/C18H20O5/c1-13(11-21-2)23-17-9-15(18(19)20)8-16(10-17)22-12-14-6-4-3-5-7-14/h3-10,13H,11-12H2,1-2H3,(H,19,20). The minimum Gasteiger partial charge on any atom is -0.489 e. The fourth-order valence-electron chi connectivity index (χ4n) is 2.09. The van der Waals surface area contributed by atoms with E-state index in [0.717, 1.165) is 5.56 Å². The van der Waals surface area contributed by atoms with Gasteiger partial charge in [-0.3, -0.25) is 0 Å². The van der Waals surface area contributed by atoms with Crippen LogP contribution in [0, 0.1) is 0 Å². The molecule has 2 aromatic rings. The van der Waals surface area contributed by atoms with Gasteiger partial charge in [-0.1, -0.05) is 30.3 Å². The lowest BCUT2D eigenvalue weighted by Gasteiger charge is -2.15. The van der Waals surface area contributed by atoms with Crippen molar-refractivity contribution in [2.24, 2.45) is 0 Å². The Bertz CT molecular complexity index is 639. The van der Waals surface area contributed by atoms with Gasteiger partial charge in [-0.25, -0.2) is 4.79 Å². The van der Waals surface area contributed by atoms with Crippen molar-refractivity contribution in [1.82, 2.24) is 0 Å². The Hall–Kier alpha value is -2.53. The average molecular weight is 316 g/mol. The molecule has 5 heteroatoms. The van der Waals surface area contributed by atoms with Crippen LogP contribution >= 0.6 is 0 Å². The second-order valence-corrected chi connectivity index (χ2v) is 5.16. The molecule has 0 spiro atoms. The monoisotopic (exact) mass is 316 g/mol. The zero-order valence-electron chi connectivity index (χ0n) is 13.2. The number of carbonyl (C=O) groups is 1. The fourth-order valence-corrected chi connectivity index (χ4v) is 2.09. The van der Waals surface area contributed by atoms with Gasteiger partial charge in [-0.15, -0.1) is 0 Å². The molecule has 0 aromatic heterocycles. The van der Waals surface area contributed by atoms with Gasteiger partial charge >= 0.3 is 5.97 Å². The maximum absolute atomic E-state index is 11.3. The first-order chi connectivity index (χ1) is 11.1. The summed E-state index contributed by atoms with van der Waals surface area (Å²) in [6.07, 6.45) is -0.189. The van der Waals surface area contributed by atoms with Crippen molar-refractivity contribution in [3.05, 3.63) is 59.7 Å². The molecule has 23 heavy (non-hydrogen) atoms. The van der Waals surface area contributed by atoms with Crippen LogP contribution < -0.4 is 9.47 Å². The van der Waals surface area contributed by atoms with Crippen LogP contribution in [-0.4, -0.2) is 30.9 Å². The highest BCUT2D eigenvalue weighted by Gasteiger charge is 2.11. The average Bonchev–Trinajstić information content (AvgIpc) is 2.54. The largest absolute Gasteiger partial charge is 0.489 e. The van der Waals surface area contributed by atoms with E-state index in [0.29, 0.717) is 24.7 Å². The Morgan fingerprint density at radius 2 is 1.83 bits per heavy atom. The van der Waals surface area contributed by atoms with Gasteiger partial charge in [-0.2, -0.15) is 0 Å². The summed E-state index contributed by atoms with van der Waals surface area (Å²) < 4.78 is 16.4. The molecule has 0 saturated heterocycles. The van der Waals surface area contributed by atoms with Crippen LogP contribution in [0.15, 0.2) is 48.5 Å². The van der Waals surface area contributed by atoms with E-state index < -0.39 is 5.97 Å². The Morgan fingerprint density at radius 1 is 1.13 bits per heavy atom. The molecule has 1 unspecified atom stereocenters. The molecule has 0 aliphatic carbocycles. The number of rotatable bonds is 8. The van der Waals surface area contributed by atoms with Crippen molar-refractivity contribution in [2.75, 3.05) is 13.7 Å². The van der Waals surface area contributed by atoms with Crippen molar-refractivity contribution in [2.45, 2.75) is 19.6 Å². The van der Waals surface area contributed by atoms with Crippen molar-refractivity contribution < 1.29 is 24.1 Å². The topological polar surface area (TPSA) is 65.0 Å². The van der Waals surface area contributed by atoms with Crippen molar-refractivity contribution in [3.8, 4) is 11.5 Å². The van der Waals surface area contributed by atoms with Crippen LogP contribution in [0.1, 0.15) is 22.8 Å². The molecular weight excluding hydrogens is 296 g/mol. The molecule has 0 bridgehead atoms. The van der Waals surface area contributed by atoms with Gasteiger partial charge in [0.25, 0.3) is 0 Å². The molecule has 1 atom stereocenters. The van der Waals surface area contributed by atoms with Gasteiger partial charge < -0.3 is 19.3 Å². The highest BCUT2D eigenvalue weighted by Crippen LogP contribution is 2.25. The quantitative estimate of drug-likeness (QED) is 0.809. The van der Waals surface area contributed by atoms with Crippen LogP contribution in [-0.2, 0) is 11.3 Å². The molecule has 0 radical (unpaired) electrons. The summed E-state index contributed by atoms with van der Waals surface area (Å²) >= 11 is 0. The summed E-state index contributed by atoms with van der Waals surface area (Å²) in [7, 11) is 1.59. The summed E-state index contributed by atoms with van der Waals surface area (Å²) in [5, 5.41) is 9.22. The molecule has 122 valence electrons. The summed E-state index contributed by atoms with van der Waals surface area (Å²) in [5.74, 6) is -0.134. The molecular formula is C18H20O5. The van der Waals surface area contributed by atoms with Gasteiger partial charge in [-0.05, 0) is 24.6 Å². The van der Waals surface area contributed by atoms with E-state index in [1.165, 1.54) is 12.1 Å². The Labute approximate surface area is 135 Å². The van der Waals surface area contributed by atoms with E-state index in [2.05, 4.69) is 0 Å². The molecule has 0 aliphatic rings. The van der Waals surface area contributed by atoms with E-state index >= 15 is 0 Å². The second-order valence-electron chi connectivity index (χ2n) is 5.16. The van der Waals surface area contributed by atoms with Crippen LogP contribution in [0.3, 0.4) is 0 Å². The van der Waals surface area contributed by atoms with Gasteiger partial charge in [0.2, 0.25) is 0 Å². The van der Waals surface area contributed by atoms with Gasteiger partial charge in [0.05, 0.1) is 12.2 Å². The van der Waals surface area contributed by atoms with Gasteiger partial charge in [0.1, 0.15) is 24.2 Å². The van der Waals surface area contributed by atoms with Gasteiger partial charge in [0.15, 0.2) is 0 Å². The number of methoxy groups -OCH3 is 1. The highest BCUT2D eigenvalue weighted by molar-refractivity contribution is 5.88. The molecule has 0 aliphatic heterocycles. The van der Waals surface area contributed by atoms with E-state index in [-0.39, 0.29) is 11.7 Å². The fraction of sp³-hybridized carbons (Fsp3) is 0.278. The predicted molar refractivity (Wildman–Crippen MR) is 86.1 cm³/mol. The summed E-state index contributed by atoms with van der Waals surface area (Å²) in [5.41, 5.74) is 1.12. The van der Waals surface area contributed by atoms with Crippen LogP contribution in [0.4, 0.5) is 0 Å². The zero-order chi connectivity index (χ0) is 16.7. The third-order valence-corrected chi connectivity index (χ3v) is 3.11. The third-order valence-electron chi connectivity index (χ3n) is 3.11. The first kappa shape index (κ1) is 16.8. The van der Waals surface area contributed by atoms with E-state index in [1.54, 1.807) is 13.2 Å². The maximum Gasteiger partial charge on any atom is 0.335 e. The molecule has 0 saturated carbocycles. The molecule has 0 heterocycles. The first-order valence-corrected chi connectivity index (χ1v) is 7.29. The number of hydrogen-bond acceptors (Lipinski definition) is 4. The van der Waals surface area contributed by atoms with Crippen LogP contribution in [0.5, 0.6) is 11.5 Å². The summed E-state index contributed by atoms with van der Waals surface area (Å²) in [6, 6.07) is 14.3. The van der Waals surface area contributed by atoms with Crippen LogP contribution in [0.2, 0.25) is 0 Å². The molecule has 1 N–H and O–H groups in total. The van der Waals surface area contributed by atoms with Crippen molar-refractivity contribution >= 4 is 5.97 Å². The number of hydrogen-bond donors (Lipinski definition) is 1. The van der Waals surface area contributed by atoms with E-state index in [4.69, 9.17) is 14.2 Å². The van der Waals surface area contributed by atoms with Gasteiger partial charge in [0, 0.05) is 13.2 Å². The Morgan fingerprint density at radius 3 is 2.48 bits per heavy atom. The molecule has 0 fully saturated rings. The predicted octanol–water partition coefficient (Wildman–Crippen LogP) is 3.38. The Balaban J connectivity index is 2.14. The van der Waals surface area contributed by atoms with Crippen LogP contribution in [0.25, 0.3) is 0 Å². The minimum absolute atomic E-state index is 0.121. The third kappa shape index (κ3) is 5.30. The molecule has 5 nitrogen and oxygen atoms in total. The molecule has 2 aromatic carbocycles. The lowest BCUT2D eigenvalue weighted by molar-refractivity contribution is 0.0693. The smallest absolute Gasteiger partial charge is 0.335 e. The number of ether oxygens (including phenoxy) is 3. The lowest BCUT2D eigenvalue weighted by Crippen LogP contribution is -2.18. The minimum atomic E-state index is -1.03. The lowest BCUT2D eigenvalue weighted by atomic mass is 10.2. The normalized spacial score (nSPS) is 11.7. The number of aromatic carboxylic acids is 1. The van der Waals surface area contributed by atoms with Crippen molar-refractivity contribution in [3.63, 3.8) is 0 Å². The number of carboxylic acid groups (broad SMARTS) is 1. The van der Waals surface area contributed by atoms with E-state index in [1.807, 2.05) is 37.3 Å². The number of benzene rings is 2. The summed E-state index contributed by atoms with van der Waals surface area (Å²) in [6.45, 7) is 2.62. The SMILES string of the molecule is COCC(C)Oc1cc(OCc2ccccc2)cc(C(=O)O)c1. The second kappa shape index (κ2) is 8.19. The molecule has 2 rings (SSSR count). The highest BCUT2D eigenvalue weighted by atomic mass is 16.5. The maximum atomic E-state index is 11.3.